The van der Waals surface area contributed by atoms with Crippen molar-refractivity contribution >= 4 is 44.8 Å². The van der Waals surface area contributed by atoms with Gasteiger partial charge in [0.2, 0.25) is 15.9 Å². The van der Waals surface area contributed by atoms with Crippen molar-refractivity contribution in [3.8, 4) is 0 Å². The molecule has 2 aromatic carbocycles. The SMILES string of the molecule is O=C(CNS(=O)(=O)c1ccc(Cl)c(Cl)c1)Nc1ccccc1. The van der Waals surface area contributed by atoms with E-state index >= 15 is 0 Å². The Morgan fingerprint density at radius 1 is 1.00 bits per heavy atom. The summed E-state index contributed by atoms with van der Waals surface area (Å²) < 4.78 is 26.3. The van der Waals surface area contributed by atoms with E-state index in [2.05, 4.69) is 10.0 Å². The lowest BCUT2D eigenvalue weighted by Crippen LogP contribution is -2.32. The van der Waals surface area contributed by atoms with Gasteiger partial charge in [-0.15, -0.1) is 0 Å². The molecular formula is C14H12Cl2N2O3S. The monoisotopic (exact) mass is 358 g/mol. The molecule has 0 aliphatic rings. The molecule has 0 aromatic heterocycles. The molecule has 2 aromatic rings. The van der Waals surface area contributed by atoms with E-state index in [1.54, 1.807) is 24.3 Å². The molecule has 22 heavy (non-hydrogen) atoms. The first kappa shape index (κ1) is 16.8. The summed E-state index contributed by atoms with van der Waals surface area (Å²) >= 11 is 11.5. The molecule has 0 fully saturated rings. The van der Waals surface area contributed by atoms with E-state index in [4.69, 9.17) is 23.2 Å². The number of carbonyl (C=O) groups is 1. The van der Waals surface area contributed by atoms with Crippen molar-refractivity contribution in [3.63, 3.8) is 0 Å². The van der Waals surface area contributed by atoms with Gasteiger partial charge in [-0.2, -0.15) is 0 Å². The van der Waals surface area contributed by atoms with Crippen LogP contribution in [0.5, 0.6) is 0 Å². The molecule has 0 heterocycles. The Bertz CT molecular complexity index is 780. The topological polar surface area (TPSA) is 75.3 Å². The highest BCUT2D eigenvalue weighted by molar-refractivity contribution is 7.89. The van der Waals surface area contributed by atoms with Crippen LogP contribution in [0.2, 0.25) is 10.0 Å². The largest absolute Gasteiger partial charge is 0.325 e. The van der Waals surface area contributed by atoms with Crippen LogP contribution in [-0.4, -0.2) is 20.9 Å². The number of carbonyl (C=O) groups excluding carboxylic acids is 1. The number of benzene rings is 2. The molecule has 0 radical (unpaired) electrons. The van der Waals surface area contributed by atoms with Crippen LogP contribution in [0.1, 0.15) is 0 Å². The molecule has 1 amide bonds. The number of amides is 1. The average Bonchev–Trinajstić information content (AvgIpc) is 2.49. The maximum Gasteiger partial charge on any atom is 0.241 e. The van der Waals surface area contributed by atoms with Crippen LogP contribution >= 0.6 is 23.2 Å². The van der Waals surface area contributed by atoms with Crippen molar-refractivity contribution in [2.45, 2.75) is 4.90 Å². The van der Waals surface area contributed by atoms with Crippen LogP contribution in [0.15, 0.2) is 53.4 Å². The van der Waals surface area contributed by atoms with E-state index in [0.29, 0.717) is 5.69 Å². The molecule has 116 valence electrons. The second-order valence-electron chi connectivity index (χ2n) is 4.31. The zero-order valence-corrected chi connectivity index (χ0v) is 13.5. The van der Waals surface area contributed by atoms with Crippen molar-refractivity contribution in [1.29, 1.82) is 0 Å². The van der Waals surface area contributed by atoms with E-state index < -0.39 is 22.5 Å². The van der Waals surface area contributed by atoms with E-state index in [-0.39, 0.29) is 14.9 Å². The van der Waals surface area contributed by atoms with Gasteiger partial charge in [-0.3, -0.25) is 4.79 Å². The Balaban J connectivity index is 2.00. The minimum Gasteiger partial charge on any atom is -0.325 e. The lowest BCUT2D eigenvalue weighted by Gasteiger charge is -2.08. The number of hydrogen-bond donors (Lipinski definition) is 2. The molecule has 0 saturated heterocycles. The molecule has 2 rings (SSSR count). The number of para-hydroxylation sites is 1. The Hall–Kier alpha value is -1.60. The van der Waals surface area contributed by atoms with Gasteiger partial charge in [0.15, 0.2) is 0 Å². The minimum absolute atomic E-state index is 0.0607. The molecule has 0 aliphatic heterocycles. The number of hydrogen-bond acceptors (Lipinski definition) is 3. The highest BCUT2D eigenvalue weighted by atomic mass is 35.5. The summed E-state index contributed by atoms with van der Waals surface area (Å²) in [4.78, 5) is 11.7. The van der Waals surface area contributed by atoms with Crippen molar-refractivity contribution in [3.05, 3.63) is 58.6 Å². The van der Waals surface area contributed by atoms with E-state index in [0.717, 1.165) is 0 Å². The molecule has 0 aliphatic carbocycles. The summed E-state index contributed by atoms with van der Waals surface area (Å²) in [5.74, 6) is -0.477. The third-order valence-corrected chi connectivity index (χ3v) is 4.82. The maximum absolute atomic E-state index is 12.1. The second-order valence-corrected chi connectivity index (χ2v) is 6.90. The fourth-order valence-electron chi connectivity index (χ4n) is 1.61. The Morgan fingerprint density at radius 3 is 2.32 bits per heavy atom. The number of rotatable bonds is 5. The summed E-state index contributed by atoms with van der Waals surface area (Å²) in [5.41, 5.74) is 0.584. The van der Waals surface area contributed by atoms with Crippen molar-refractivity contribution in [1.82, 2.24) is 4.72 Å². The van der Waals surface area contributed by atoms with Crippen LogP contribution < -0.4 is 10.0 Å². The molecule has 2 N–H and O–H groups in total. The van der Waals surface area contributed by atoms with Crippen LogP contribution in [0.25, 0.3) is 0 Å². The summed E-state index contributed by atoms with van der Waals surface area (Å²) in [6, 6.07) is 12.6. The zero-order valence-electron chi connectivity index (χ0n) is 11.2. The van der Waals surface area contributed by atoms with Crippen molar-refractivity contribution < 1.29 is 13.2 Å². The third kappa shape index (κ3) is 4.45. The van der Waals surface area contributed by atoms with E-state index in [1.165, 1.54) is 18.2 Å². The fraction of sp³-hybridized carbons (Fsp3) is 0.0714. The van der Waals surface area contributed by atoms with Crippen molar-refractivity contribution in [2.75, 3.05) is 11.9 Å². The number of nitrogens with one attached hydrogen (secondary N) is 2. The molecule has 8 heteroatoms. The van der Waals surface area contributed by atoms with Crippen LogP contribution in [0, 0.1) is 0 Å². The molecule has 5 nitrogen and oxygen atoms in total. The van der Waals surface area contributed by atoms with Gasteiger partial charge in [0.05, 0.1) is 21.5 Å². The van der Waals surface area contributed by atoms with Gasteiger partial charge in [-0.05, 0) is 30.3 Å². The van der Waals surface area contributed by atoms with Crippen LogP contribution in [-0.2, 0) is 14.8 Å². The predicted molar refractivity (Wildman–Crippen MR) is 86.7 cm³/mol. The Kier molecular flexibility index (Phi) is 5.42. The average molecular weight is 359 g/mol. The first-order chi connectivity index (χ1) is 10.4. The first-order valence-corrected chi connectivity index (χ1v) is 8.42. The molecule has 0 atom stereocenters. The zero-order chi connectivity index (χ0) is 16.2. The van der Waals surface area contributed by atoms with Crippen LogP contribution in [0.4, 0.5) is 5.69 Å². The van der Waals surface area contributed by atoms with Gasteiger partial charge in [0.25, 0.3) is 0 Å². The third-order valence-electron chi connectivity index (χ3n) is 2.68. The van der Waals surface area contributed by atoms with E-state index in [9.17, 15) is 13.2 Å². The summed E-state index contributed by atoms with van der Waals surface area (Å²) in [6.45, 7) is -0.391. The normalized spacial score (nSPS) is 11.2. The van der Waals surface area contributed by atoms with Gasteiger partial charge in [-0.1, -0.05) is 41.4 Å². The summed E-state index contributed by atoms with van der Waals surface area (Å²) in [7, 11) is -3.84. The van der Waals surface area contributed by atoms with Crippen LogP contribution in [0.3, 0.4) is 0 Å². The fourth-order valence-corrected chi connectivity index (χ4v) is 2.99. The smallest absolute Gasteiger partial charge is 0.241 e. The second kappa shape index (κ2) is 7.11. The molecule has 0 bridgehead atoms. The highest BCUT2D eigenvalue weighted by Gasteiger charge is 2.16. The first-order valence-electron chi connectivity index (χ1n) is 6.18. The van der Waals surface area contributed by atoms with Gasteiger partial charge < -0.3 is 5.32 Å². The van der Waals surface area contributed by atoms with Gasteiger partial charge >= 0.3 is 0 Å². The number of anilines is 1. The van der Waals surface area contributed by atoms with E-state index in [1.807, 2.05) is 6.07 Å². The van der Waals surface area contributed by atoms with Gasteiger partial charge in [0, 0.05) is 5.69 Å². The quantitative estimate of drug-likeness (QED) is 0.862. The number of sulfonamides is 1. The predicted octanol–water partition coefficient (Wildman–Crippen LogP) is 2.91. The summed E-state index contributed by atoms with van der Waals surface area (Å²) in [6.07, 6.45) is 0. The Labute approximate surface area is 138 Å². The standard InChI is InChI=1S/C14H12Cl2N2O3S/c15-12-7-6-11(8-13(12)16)22(20,21)17-9-14(19)18-10-4-2-1-3-5-10/h1-8,17H,9H2,(H,18,19). The highest BCUT2D eigenvalue weighted by Crippen LogP contribution is 2.24. The van der Waals surface area contributed by atoms with Crippen molar-refractivity contribution in [2.24, 2.45) is 0 Å². The molecule has 0 unspecified atom stereocenters. The minimum atomic E-state index is -3.84. The lowest BCUT2D eigenvalue weighted by atomic mass is 10.3. The maximum atomic E-state index is 12.1. The van der Waals surface area contributed by atoms with Gasteiger partial charge in [-0.25, -0.2) is 13.1 Å². The molecule has 0 spiro atoms. The molecule has 0 saturated carbocycles. The molecular weight excluding hydrogens is 347 g/mol. The Morgan fingerprint density at radius 2 is 1.68 bits per heavy atom. The summed E-state index contributed by atoms with van der Waals surface area (Å²) in [5, 5.41) is 2.95. The lowest BCUT2D eigenvalue weighted by molar-refractivity contribution is -0.115. The number of halogens is 2. The van der Waals surface area contributed by atoms with Gasteiger partial charge in [0.1, 0.15) is 0 Å².